The molecule has 1 rings (SSSR count). The highest BCUT2D eigenvalue weighted by Crippen LogP contribution is 2.24. The molecule has 4 heteroatoms. The smallest absolute Gasteiger partial charge is 0.242 e. The summed E-state index contributed by atoms with van der Waals surface area (Å²) in [4.78, 5) is 10.4. The summed E-state index contributed by atoms with van der Waals surface area (Å²) in [6.07, 6.45) is 0.339. The van der Waals surface area contributed by atoms with Crippen molar-refractivity contribution in [2.45, 2.75) is 51.7 Å². The van der Waals surface area contributed by atoms with Crippen LogP contribution in [0.2, 0.25) is 0 Å². The minimum absolute atomic E-state index is 0.321. The Morgan fingerprint density at radius 3 is 2.06 bits per heavy atom. The Morgan fingerprint density at radius 1 is 1.17 bits per heavy atom. The van der Waals surface area contributed by atoms with Crippen LogP contribution in [0.1, 0.15) is 56.8 Å². The maximum absolute atomic E-state index is 10.8. The van der Waals surface area contributed by atoms with Crippen LogP contribution in [-0.2, 0) is 0 Å². The van der Waals surface area contributed by atoms with Crippen LogP contribution in [-0.4, -0.2) is 16.1 Å². The fourth-order valence-corrected chi connectivity index (χ4v) is 1.97. The average molecular weight is 251 g/mol. The largest absolute Gasteiger partial charge is 0.381 e. The first-order chi connectivity index (χ1) is 8.51. The van der Waals surface area contributed by atoms with E-state index in [-0.39, 0.29) is 0 Å². The number of hydrogen-bond donors (Lipinski definition) is 1. The first kappa shape index (κ1) is 14.6. The van der Waals surface area contributed by atoms with Crippen LogP contribution in [0, 0.1) is 10.1 Å². The quantitative estimate of drug-likeness (QED) is 0.623. The molecule has 3 unspecified atom stereocenters. The van der Waals surface area contributed by atoms with Gasteiger partial charge < -0.3 is 5.11 Å². The molecular formula is C14H21NO3. The number of benzene rings is 1. The van der Waals surface area contributed by atoms with Crippen molar-refractivity contribution in [2.24, 2.45) is 0 Å². The molecule has 18 heavy (non-hydrogen) atoms. The highest BCUT2D eigenvalue weighted by atomic mass is 16.6. The summed E-state index contributed by atoms with van der Waals surface area (Å²) in [7, 11) is 0. The van der Waals surface area contributed by atoms with Crippen molar-refractivity contribution >= 4 is 0 Å². The first-order valence-corrected chi connectivity index (χ1v) is 6.42. The summed E-state index contributed by atoms with van der Waals surface area (Å²) in [5.74, 6) is 0.466. The predicted octanol–water partition coefficient (Wildman–Crippen LogP) is 3.29. The Bertz CT molecular complexity index is 389. The molecule has 0 saturated carbocycles. The zero-order valence-corrected chi connectivity index (χ0v) is 11.2. The molecule has 100 valence electrons. The van der Waals surface area contributed by atoms with E-state index in [2.05, 4.69) is 13.8 Å². The summed E-state index contributed by atoms with van der Waals surface area (Å²) in [5.41, 5.74) is 1.81. The van der Waals surface area contributed by atoms with Gasteiger partial charge in [-0.1, -0.05) is 45.0 Å². The lowest BCUT2D eigenvalue weighted by atomic mass is 9.94. The van der Waals surface area contributed by atoms with E-state index in [9.17, 15) is 15.2 Å². The second kappa shape index (κ2) is 6.50. The molecule has 0 aromatic heterocycles. The fourth-order valence-electron chi connectivity index (χ4n) is 1.97. The summed E-state index contributed by atoms with van der Waals surface area (Å²) < 4.78 is 0. The van der Waals surface area contributed by atoms with Crippen molar-refractivity contribution in [3.05, 3.63) is 45.5 Å². The van der Waals surface area contributed by atoms with Gasteiger partial charge in [0.2, 0.25) is 6.04 Å². The molecule has 0 radical (unpaired) electrons. The Morgan fingerprint density at radius 2 is 1.67 bits per heavy atom. The van der Waals surface area contributed by atoms with Crippen LogP contribution in [0.15, 0.2) is 24.3 Å². The second-order valence-corrected chi connectivity index (χ2v) is 4.68. The molecule has 1 aromatic rings. The molecule has 0 fully saturated rings. The number of nitrogens with zero attached hydrogens (tertiary/aromatic N) is 1. The molecule has 0 aliphatic rings. The number of aliphatic hydroxyl groups excluding tert-OH is 1. The average Bonchev–Trinajstić information content (AvgIpc) is 2.38. The van der Waals surface area contributed by atoms with Gasteiger partial charge in [0.25, 0.3) is 0 Å². The molecule has 0 bridgehead atoms. The second-order valence-electron chi connectivity index (χ2n) is 4.68. The number of nitro groups is 1. The molecule has 3 atom stereocenters. The maximum atomic E-state index is 10.8. The van der Waals surface area contributed by atoms with E-state index in [4.69, 9.17) is 0 Å². The lowest BCUT2D eigenvalue weighted by molar-refractivity contribution is -0.536. The predicted molar refractivity (Wildman–Crippen MR) is 71.2 cm³/mol. The van der Waals surface area contributed by atoms with E-state index in [1.54, 1.807) is 19.1 Å². The Hall–Kier alpha value is -1.42. The molecule has 1 N–H and O–H groups in total. The molecule has 4 nitrogen and oxygen atoms in total. The van der Waals surface area contributed by atoms with Crippen LogP contribution >= 0.6 is 0 Å². The van der Waals surface area contributed by atoms with Gasteiger partial charge >= 0.3 is 0 Å². The molecule has 1 aromatic carbocycles. The van der Waals surface area contributed by atoms with Crippen molar-refractivity contribution in [2.75, 3.05) is 0 Å². The fraction of sp³-hybridized carbons (Fsp3) is 0.571. The summed E-state index contributed by atoms with van der Waals surface area (Å²) in [5, 5.41) is 20.8. The van der Waals surface area contributed by atoms with Crippen LogP contribution in [0.4, 0.5) is 0 Å². The molecule has 0 heterocycles. The Kier molecular flexibility index (Phi) is 5.28. The molecule has 0 spiro atoms. The molecule has 0 amide bonds. The van der Waals surface area contributed by atoms with Crippen molar-refractivity contribution in [1.82, 2.24) is 0 Å². The summed E-state index contributed by atoms with van der Waals surface area (Å²) in [6, 6.07) is 6.54. The lowest BCUT2D eigenvalue weighted by Crippen LogP contribution is -2.26. The molecule has 0 aliphatic carbocycles. The van der Waals surface area contributed by atoms with E-state index in [0.29, 0.717) is 17.9 Å². The van der Waals surface area contributed by atoms with Gasteiger partial charge in [0, 0.05) is 11.3 Å². The van der Waals surface area contributed by atoms with Crippen LogP contribution in [0.25, 0.3) is 0 Å². The van der Waals surface area contributed by atoms with Crippen LogP contribution in [0.3, 0.4) is 0 Å². The van der Waals surface area contributed by atoms with Crippen molar-refractivity contribution in [3.63, 3.8) is 0 Å². The minimum Gasteiger partial charge on any atom is -0.381 e. The van der Waals surface area contributed by atoms with Gasteiger partial charge in [-0.05, 0) is 23.5 Å². The van der Waals surface area contributed by atoms with Gasteiger partial charge in [-0.2, -0.15) is 0 Å². The maximum Gasteiger partial charge on any atom is 0.242 e. The number of hydrogen-bond acceptors (Lipinski definition) is 3. The zero-order chi connectivity index (χ0) is 13.7. The van der Waals surface area contributed by atoms with Gasteiger partial charge in [-0.25, -0.2) is 0 Å². The highest BCUT2D eigenvalue weighted by Gasteiger charge is 2.28. The SMILES string of the molecule is CCC(C)c1ccc(C(O)C(CC)[N+](=O)[O-])cc1. The van der Waals surface area contributed by atoms with E-state index in [1.165, 1.54) is 5.56 Å². The van der Waals surface area contributed by atoms with Crippen LogP contribution < -0.4 is 0 Å². The van der Waals surface area contributed by atoms with Crippen LogP contribution in [0.5, 0.6) is 0 Å². The summed E-state index contributed by atoms with van der Waals surface area (Å²) in [6.45, 7) is 5.97. The zero-order valence-electron chi connectivity index (χ0n) is 11.2. The topological polar surface area (TPSA) is 63.4 Å². The van der Waals surface area contributed by atoms with Crippen molar-refractivity contribution < 1.29 is 10.0 Å². The van der Waals surface area contributed by atoms with Gasteiger partial charge in [0.15, 0.2) is 0 Å². The normalized spacial score (nSPS) is 16.0. The molecular weight excluding hydrogens is 230 g/mol. The van der Waals surface area contributed by atoms with E-state index in [1.807, 2.05) is 12.1 Å². The third-order valence-electron chi connectivity index (χ3n) is 3.51. The lowest BCUT2D eigenvalue weighted by Gasteiger charge is -2.16. The van der Waals surface area contributed by atoms with Gasteiger partial charge in [0.1, 0.15) is 6.10 Å². The first-order valence-electron chi connectivity index (χ1n) is 6.42. The third kappa shape index (κ3) is 3.29. The minimum atomic E-state index is -1.03. The van der Waals surface area contributed by atoms with Crippen molar-refractivity contribution in [1.29, 1.82) is 0 Å². The molecule has 0 saturated heterocycles. The standard InChI is InChI=1S/C14H21NO3/c1-4-10(3)11-6-8-12(9-7-11)14(16)13(5-2)15(17)18/h6-10,13-14,16H,4-5H2,1-3H3. The molecule has 0 aliphatic heterocycles. The number of aliphatic hydroxyl groups is 1. The summed E-state index contributed by atoms with van der Waals surface area (Å²) >= 11 is 0. The van der Waals surface area contributed by atoms with E-state index < -0.39 is 17.1 Å². The van der Waals surface area contributed by atoms with E-state index >= 15 is 0 Å². The third-order valence-corrected chi connectivity index (χ3v) is 3.51. The van der Waals surface area contributed by atoms with Gasteiger partial charge in [0.05, 0.1) is 0 Å². The van der Waals surface area contributed by atoms with Gasteiger partial charge in [-0.3, -0.25) is 10.1 Å². The highest BCUT2D eigenvalue weighted by molar-refractivity contribution is 5.26. The number of rotatable bonds is 6. The monoisotopic (exact) mass is 251 g/mol. The van der Waals surface area contributed by atoms with Gasteiger partial charge in [-0.15, -0.1) is 0 Å². The Labute approximate surface area is 108 Å². The van der Waals surface area contributed by atoms with E-state index in [0.717, 1.165) is 6.42 Å². The Balaban J connectivity index is 2.87. The van der Waals surface area contributed by atoms with Crippen molar-refractivity contribution in [3.8, 4) is 0 Å².